The van der Waals surface area contributed by atoms with Gasteiger partial charge in [-0.2, -0.15) is 4.98 Å². The van der Waals surface area contributed by atoms with Crippen LogP contribution in [0.3, 0.4) is 0 Å². The Kier molecular flexibility index (Phi) is 6.12. The van der Waals surface area contributed by atoms with Crippen LogP contribution in [0.2, 0.25) is 0 Å². The Morgan fingerprint density at radius 3 is 2.45 bits per heavy atom. The zero-order valence-electron chi connectivity index (χ0n) is 18.3. The van der Waals surface area contributed by atoms with Crippen LogP contribution in [0.15, 0.2) is 54.9 Å². The molecule has 1 N–H and O–H groups in total. The number of hydrogen-bond acceptors (Lipinski definition) is 5. The number of rotatable bonds is 6. The van der Waals surface area contributed by atoms with Crippen LogP contribution in [-0.2, 0) is 11.2 Å². The average molecular weight is 449 g/mol. The Hall–Kier alpha value is -4.14. The molecule has 168 valence electrons. The molecule has 2 aromatic heterocycles. The van der Waals surface area contributed by atoms with Gasteiger partial charge in [0.2, 0.25) is 11.8 Å². The third kappa shape index (κ3) is 5.20. The number of ether oxygens (including phenoxy) is 1. The van der Waals surface area contributed by atoms with Crippen molar-refractivity contribution < 1.29 is 18.3 Å². The summed E-state index contributed by atoms with van der Waals surface area (Å²) in [7, 11) is 0. The van der Waals surface area contributed by atoms with Gasteiger partial charge in [0, 0.05) is 23.5 Å². The van der Waals surface area contributed by atoms with E-state index in [1.165, 1.54) is 6.07 Å². The first-order valence-corrected chi connectivity index (χ1v) is 10.2. The zero-order valence-corrected chi connectivity index (χ0v) is 18.3. The van der Waals surface area contributed by atoms with Crippen molar-refractivity contribution in [1.29, 1.82) is 0 Å². The summed E-state index contributed by atoms with van der Waals surface area (Å²) < 4.78 is 34.5. The molecule has 4 aromatic rings. The second-order valence-corrected chi connectivity index (χ2v) is 7.48. The van der Waals surface area contributed by atoms with Crippen LogP contribution in [0.1, 0.15) is 22.8 Å². The molecule has 0 unspecified atom stereocenters. The highest BCUT2D eigenvalue weighted by atomic mass is 19.1. The van der Waals surface area contributed by atoms with Crippen LogP contribution in [0.4, 0.5) is 14.5 Å². The molecular formula is C24H21F2N5O2. The molecule has 1 amide bonds. The van der Waals surface area contributed by atoms with Crippen molar-refractivity contribution in [2.24, 2.45) is 0 Å². The quantitative estimate of drug-likeness (QED) is 0.456. The van der Waals surface area contributed by atoms with Gasteiger partial charge in [0.1, 0.15) is 35.4 Å². The van der Waals surface area contributed by atoms with Crippen molar-refractivity contribution in [3.63, 3.8) is 0 Å². The van der Waals surface area contributed by atoms with Crippen LogP contribution in [0.25, 0.3) is 5.82 Å². The largest absolute Gasteiger partial charge is 0.439 e. The average Bonchev–Trinajstić information content (AvgIpc) is 3.09. The van der Waals surface area contributed by atoms with E-state index in [9.17, 15) is 13.6 Å². The first kappa shape index (κ1) is 22.1. The van der Waals surface area contributed by atoms with E-state index in [0.717, 1.165) is 23.5 Å². The lowest BCUT2D eigenvalue weighted by molar-refractivity contribution is -0.115. The first-order chi connectivity index (χ1) is 15.8. The Labute approximate surface area is 189 Å². The highest BCUT2D eigenvalue weighted by molar-refractivity contribution is 5.92. The van der Waals surface area contributed by atoms with E-state index in [-0.39, 0.29) is 12.0 Å². The summed E-state index contributed by atoms with van der Waals surface area (Å²) >= 11 is 0. The van der Waals surface area contributed by atoms with E-state index in [1.54, 1.807) is 43.6 Å². The van der Waals surface area contributed by atoms with Gasteiger partial charge < -0.3 is 10.1 Å². The lowest BCUT2D eigenvalue weighted by Gasteiger charge is -2.10. The molecule has 7 nitrogen and oxygen atoms in total. The molecule has 9 heteroatoms. The number of hydrogen-bond donors (Lipinski definition) is 1. The fourth-order valence-electron chi connectivity index (χ4n) is 3.20. The highest BCUT2D eigenvalue weighted by Gasteiger charge is 2.12. The molecule has 0 saturated heterocycles. The summed E-state index contributed by atoms with van der Waals surface area (Å²) in [5, 5.41) is 2.68. The predicted octanol–water partition coefficient (Wildman–Crippen LogP) is 4.84. The molecule has 0 aliphatic heterocycles. The second-order valence-electron chi connectivity index (χ2n) is 7.48. The van der Waals surface area contributed by atoms with E-state index in [2.05, 4.69) is 20.3 Å². The van der Waals surface area contributed by atoms with Crippen LogP contribution < -0.4 is 10.1 Å². The minimum Gasteiger partial charge on any atom is -0.439 e. The molecule has 0 radical (unpaired) electrons. The van der Waals surface area contributed by atoms with Crippen molar-refractivity contribution in [1.82, 2.24) is 19.5 Å². The van der Waals surface area contributed by atoms with E-state index >= 15 is 0 Å². The molecule has 2 aromatic carbocycles. The molecule has 0 bridgehead atoms. The van der Waals surface area contributed by atoms with Gasteiger partial charge in [0.05, 0.1) is 12.1 Å². The van der Waals surface area contributed by atoms with Crippen molar-refractivity contribution in [2.75, 3.05) is 5.32 Å². The molecule has 0 atom stereocenters. The van der Waals surface area contributed by atoms with E-state index in [4.69, 9.17) is 4.74 Å². The number of nitrogens with zero attached hydrogens (tertiary/aromatic N) is 4. The Morgan fingerprint density at radius 1 is 1.03 bits per heavy atom. The topological polar surface area (TPSA) is 81.9 Å². The molecule has 2 heterocycles. The molecule has 0 fully saturated rings. The van der Waals surface area contributed by atoms with Gasteiger partial charge in [-0.05, 0) is 56.7 Å². The Balaban J connectivity index is 1.43. The number of benzene rings is 2. The van der Waals surface area contributed by atoms with E-state index in [1.807, 2.05) is 18.4 Å². The van der Waals surface area contributed by atoms with Crippen LogP contribution in [0, 0.1) is 32.4 Å². The van der Waals surface area contributed by atoms with Gasteiger partial charge in [-0.3, -0.25) is 9.36 Å². The van der Waals surface area contributed by atoms with Gasteiger partial charge in [-0.25, -0.2) is 18.7 Å². The molecule has 0 spiro atoms. The molecular weight excluding hydrogens is 428 g/mol. The summed E-state index contributed by atoms with van der Waals surface area (Å²) in [6.07, 6.45) is 1.49. The predicted molar refractivity (Wildman–Crippen MR) is 119 cm³/mol. The molecule has 0 saturated carbocycles. The minimum absolute atomic E-state index is 0.118. The van der Waals surface area contributed by atoms with Crippen LogP contribution >= 0.6 is 0 Å². The molecule has 33 heavy (non-hydrogen) atoms. The maximum Gasteiger partial charge on any atom is 0.228 e. The second kappa shape index (κ2) is 9.15. The fraction of sp³-hybridized carbons (Fsp3) is 0.167. The number of nitrogens with one attached hydrogen (secondary N) is 1. The summed E-state index contributed by atoms with van der Waals surface area (Å²) in [4.78, 5) is 25.3. The highest BCUT2D eigenvalue weighted by Crippen LogP contribution is 2.24. The van der Waals surface area contributed by atoms with Gasteiger partial charge >= 0.3 is 0 Å². The van der Waals surface area contributed by atoms with Crippen molar-refractivity contribution >= 4 is 11.6 Å². The summed E-state index contributed by atoms with van der Waals surface area (Å²) in [5.74, 6) is 0.212. The Morgan fingerprint density at radius 2 is 1.79 bits per heavy atom. The van der Waals surface area contributed by atoms with Crippen molar-refractivity contribution in [3.05, 3.63) is 89.3 Å². The molecule has 0 aliphatic rings. The summed E-state index contributed by atoms with van der Waals surface area (Å²) in [6.45, 7) is 5.66. The minimum atomic E-state index is -0.755. The number of aromatic nitrogens is 4. The number of imidazole rings is 1. The normalized spacial score (nSPS) is 10.8. The number of carbonyl (C=O) groups excluding carboxylic acids is 1. The molecule has 4 rings (SSSR count). The lowest BCUT2D eigenvalue weighted by Crippen LogP contribution is -2.15. The Bertz CT molecular complexity index is 1320. The third-order valence-electron chi connectivity index (χ3n) is 5.03. The number of carbonyl (C=O) groups is 1. The van der Waals surface area contributed by atoms with Crippen molar-refractivity contribution in [2.45, 2.75) is 27.2 Å². The first-order valence-electron chi connectivity index (χ1n) is 10.2. The van der Waals surface area contributed by atoms with Gasteiger partial charge in [-0.1, -0.05) is 6.07 Å². The van der Waals surface area contributed by atoms with Gasteiger partial charge in [0.15, 0.2) is 0 Å². The monoisotopic (exact) mass is 449 g/mol. The van der Waals surface area contributed by atoms with Crippen molar-refractivity contribution in [3.8, 4) is 17.4 Å². The van der Waals surface area contributed by atoms with Crippen LogP contribution in [0.5, 0.6) is 11.6 Å². The van der Waals surface area contributed by atoms with E-state index in [0.29, 0.717) is 29.0 Å². The van der Waals surface area contributed by atoms with Gasteiger partial charge in [0.25, 0.3) is 0 Å². The number of aryl methyl sites for hydroxylation is 2. The number of halogens is 2. The maximum absolute atomic E-state index is 13.7. The number of amides is 1. The fourth-order valence-corrected chi connectivity index (χ4v) is 3.20. The standard InChI is InChI=1S/C24H21F2N5O2/c1-14-15(2)31(13-27-14)22-12-24(29-16(3)28-22)33-20-8-6-19(7-9-20)30-23(32)10-17-4-5-18(25)11-21(17)26/h4-9,11-13H,10H2,1-3H3,(H,30,32). The summed E-state index contributed by atoms with van der Waals surface area (Å²) in [5.41, 5.74) is 2.51. The smallest absolute Gasteiger partial charge is 0.228 e. The van der Waals surface area contributed by atoms with E-state index < -0.39 is 17.5 Å². The van der Waals surface area contributed by atoms with Gasteiger partial charge in [-0.15, -0.1) is 0 Å². The van der Waals surface area contributed by atoms with Crippen LogP contribution in [-0.4, -0.2) is 25.4 Å². The summed E-state index contributed by atoms with van der Waals surface area (Å²) in [6, 6.07) is 11.5. The third-order valence-corrected chi connectivity index (χ3v) is 5.03. The maximum atomic E-state index is 13.7. The molecule has 0 aliphatic carbocycles. The number of anilines is 1. The SMILES string of the molecule is Cc1nc(Oc2ccc(NC(=O)Cc3ccc(F)cc3F)cc2)cc(-n2cnc(C)c2C)n1. The zero-order chi connectivity index (χ0) is 23.5. The lowest BCUT2D eigenvalue weighted by atomic mass is 10.1.